The second kappa shape index (κ2) is 8.19. The summed E-state index contributed by atoms with van der Waals surface area (Å²) in [6, 6.07) is 6.28. The summed E-state index contributed by atoms with van der Waals surface area (Å²) in [7, 11) is 1.95. The zero-order valence-corrected chi connectivity index (χ0v) is 17.0. The van der Waals surface area contributed by atoms with Crippen LogP contribution in [0.15, 0.2) is 24.4 Å². The highest BCUT2D eigenvalue weighted by Gasteiger charge is 2.50. The number of pyridine rings is 1. The van der Waals surface area contributed by atoms with Gasteiger partial charge in [0.05, 0.1) is 17.7 Å². The summed E-state index contributed by atoms with van der Waals surface area (Å²) in [5.74, 6) is 0.448. The third-order valence-electron chi connectivity index (χ3n) is 6.80. The molecule has 1 aliphatic carbocycles. The van der Waals surface area contributed by atoms with Crippen LogP contribution in [0.25, 0.3) is 0 Å². The first kappa shape index (κ1) is 19.4. The van der Waals surface area contributed by atoms with Crippen LogP contribution in [-0.4, -0.2) is 70.8 Å². The molecular formula is C22H32N4O2. The minimum atomic E-state index is -0.323. The van der Waals surface area contributed by atoms with Crippen molar-refractivity contribution in [2.45, 2.75) is 57.5 Å². The number of aromatic nitrogens is 1. The van der Waals surface area contributed by atoms with E-state index in [4.69, 9.17) is 0 Å². The normalized spacial score (nSPS) is 26.0. The molecule has 3 fully saturated rings. The standard InChI is InChI=1S/C22H32N4O2/c1-24(15-18-7-4-5-12-23-18)16-20(27)25-14-11-22(17-25)10-6-13-26(21(22)28)19-8-2-3-9-19/h4-5,7,12,19H,2-3,6,8-11,13-17H2,1H3. The molecule has 0 N–H and O–H groups in total. The van der Waals surface area contributed by atoms with E-state index in [1.807, 2.05) is 35.0 Å². The zero-order valence-electron chi connectivity index (χ0n) is 17.0. The molecule has 152 valence electrons. The Morgan fingerprint density at radius 1 is 1.21 bits per heavy atom. The summed E-state index contributed by atoms with van der Waals surface area (Å²) in [5, 5.41) is 0. The Hall–Kier alpha value is -1.95. The van der Waals surface area contributed by atoms with Crippen molar-refractivity contribution in [2.24, 2.45) is 5.41 Å². The molecule has 0 radical (unpaired) electrons. The third-order valence-corrected chi connectivity index (χ3v) is 6.80. The van der Waals surface area contributed by atoms with Crippen molar-refractivity contribution >= 4 is 11.8 Å². The average molecular weight is 385 g/mol. The highest BCUT2D eigenvalue weighted by molar-refractivity contribution is 5.86. The lowest BCUT2D eigenvalue weighted by Gasteiger charge is -2.42. The van der Waals surface area contributed by atoms with Crippen LogP contribution in [0.5, 0.6) is 0 Å². The van der Waals surface area contributed by atoms with Gasteiger partial charge in [-0.1, -0.05) is 18.9 Å². The van der Waals surface area contributed by atoms with Crippen molar-refractivity contribution < 1.29 is 9.59 Å². The van der Waals surface area contributed by atoms with Gasteiger partial charge in [0, 0.05) is 38.4 Å². The number of carbonyl (C=O) groups excluding carboxylic acids is 2. The molecule has 1 aromatic heterocycles. The maximum Gasteiger partial charge on any atom is 0.236 e. The lowest BCUT2D eigenvalue weighted by molar-refractivity contribution is -0.148. The van der Waals surface area contributed by atoms with E-state index < -0.39 is 0 Å². The van der Waals surface area contributed by atoms with Gasteiger partial charge in [-0.25, -0.2) is 0 Å². The Labute approximate surface area is 167 Å². The number of amides is 2. The van der Waals surface area contributed by atoms with Crippen molar-refractivity contribution in [2.75, 3.05) is 33.2 Å². The fraction of sp³-hybridized carbons (Fsp3) is 0.682. The first-order chi connectivity index (χ1) is 13.6. The van der Waals surface area contributed by atoms with Crippen LogP contribution in [-0.2, 0) is 16.1 Å². The Bertz CT molecular complexity index is 704. The van der Waals surface area contributed by atoms with Crippen molar-refractivity contribution in [3.05, 3.63) is 30.1 Å². The van der Waals surface area contributed by atoms with E-state index in [1.54, 1.807) is 6.20 Å². The molecule has 2 amide bonds. The number of hydrogen-bond donors (Lipinski definition) is 0. The smallest absolute Gasteiger partial charge is 0.236 e. The Morgan fingerprint density at radius 2 is 2.04 bits per heavy atom. The zero-order chi connectivity index (χ0) is 19.6. The number of carbonyl (C=O) groups is 2. The van der Waals surface area contributed by atoms with Gasteiger partial charge in [0.2, 0.25) is 11.8 Å². The van der Waals surface area contributed by atoms with Gasteiger partial charge < -0.3 is 9.80 Å². The summed E-state index contributed by atoms with van der Waals surface area (Å²) in [4.78, 5) is 36.6. The predicted octanol–water partition coefficient (Wildman–Crippen LogP) is 2.30. The first-order valence-corrected chi connectivity index (χ1v) is 10.7. The third kappa shape index (κ3) is 3.93. The monoisotopic (exact) mass is 384 g/mol. The molecule has 0 bridgehead atoms. The second-order valence-corrected chi connectivity index (χ2v) is 8.88. The molecule has 2 saturated heterocycles. The maximum absolute atomic E-state index is 13.3. The minimum absolute atomic E-state index is 0.126. The molecule has 1 atom stereocenters. The van der Waals surface area contributed by atoms with E-state index in [-0.39, 0.29) is 11.3 Å². The van der Waals surface area contributed by atoms with Crippen molar-refractivity contribution in [3.63, 3.8) is 0 Å². The van der Waals surface area contributed by atoms with Crippen LogP contribution in [0.3, 0.4) is 0 Å². The van der Waals surface area contributed by atoms with Crippen LogP contribution < -0.4 is 0 Å². The van der Waals surface area contributed by atoms with E-state index in [2.05, 4.69) is 9.88 Å². The van der Waals surface area contributed by atoms with Crippen molar-refractivity contribution in [1.29, 1.82) is 0 Å². The van der Waals surface area contributed by atoms with Gasteiger partial charge in [0.1, 0.15) is 0 Å². The molecule has 28 heavy (non-hydrogen) atoms. The lowest BCUT2D eigenvalue weighted by Crippen LogP contribution is -2.53. The first-order valence-electron chi connectivity index (χ1n) is 10.7. The Kier molecular flexibility index (Phi) is 5.67. The fourth-order valence-electron chi connectivity index (χ4n) is 5.28. The average Bonchev–Trinajstić information content (AvgIpc) is 3.36. The van der Waals surface area contributed by atoms with Crippen LogP contribution in [0.1, 0.15) is 50.6 Å². The van der Waals surface area contributed by atoms with Gasteiger partial charge in [0.15, 0.2) is 0 Å². The molecule has 1 saturated carbocycles. The Balaban J connectivity index is 1.34. The van der Waals surface area contributed by atoms with Crippen LogP contribution in [0.4, 0.5) is 0 Å². The molecule has 2 aliphatic heterocycles. The SMILES string of the molecule is CN(CC(=O)N1CCC2(CCCN(C3CCCC3)C2=O)C1)Cc1ccccn1. The topological polar surface area (TPSA) is 56.8 Å². The summed E-state index contributed by atoms with van der Waals surface area (Å²) in [5.41, 5.74) is 0.640. The number of rotatable bonds is 5. The summed E-state index contributed by atoms with van der Waals surface area (Å²) >= 11 is 0. The summed E-state index contributed by atoms with van der Waals surface area (Å²) in [6.45, 7) is 3.24. The summed E-state index contributed by atoms with van der Waals surface area (Å²) in [6.07, 6.45) is 9.41. The second-order valence-electron chi connectivity index (χ2n) is 8.88. The van der Waals surface area contributed by atoms with Gasteiger partial charge in [-0.3, -0.25) is 19.5 Å². The maximum atomic E-state index is 13.3. The highest BCUT2D eigenvalue weighted by atomic mass is 16.2. The molecule has 0 aromatic carbocycles. The Morgan fingerprint density at radius 3 is 2.79 bits per heavy atom. The van der Waals surface area contributed by atoms with Crippen LogP contribution in [0, 0.1) is 5.41 Å². The predicted molar refractivity (Wildman–Crippen MR) is 107 cm³/mol. The molecule has 3 heterocycles. The van der Waals surface area contributed by atoms with Crippen molar-refractivity contribution in [3.8, 4) is 0 Å². The van der Waals surface area contributed by atoms with E-state index in [1.165, 1.54) is 12.8 Å². The number of hydrogen-bond acceptors (Lipinski definition) is 4. The van der Waals surface area contributed by atoms with Gasteiger partial charge >= 0.3 is 0 Å². The van der Waals surface area contributed by atoms with E-state index in [9.17, 15) is 9.59 Å². The molecule has 6 heteroatoms. The fourth-order valence-corrected chi connectivity index (χ4v) is 5.28. The quantitative estimate of drug-likeness (QED) is 0.782. The van der Waals surface area contributed by atoms with E-state index in [0.717, 1.165) is 44.3 Å². The largest absolute Gasteiger partial charge is 0.340 e. The molecule has 3 aliphatic rings. The highest BCUT2D eigenvalue weighted by Crippen LogP contribution is 2.42. The van der Waals surface area contributed by atoms with E-state index >= 15 is 0 Å². The molecule has 1 unspecified atom stereocenters. The lowest BCUT2D eigenvalue weighted by atomic mass is 9.77. The molecule has 1 aromatic rings. The van der Waals surface area contributed by atoms with Crippen LogP contribution >= 0.6 is 0 Å². The van der Waals surface area contributed by atoms with Gasteiger partial charge in [-0.05, 0) is 51.3 Å². The van der Waals surface area contributed by atoms with Gasteiger partial charge in [-0.2, -0.15) is 0 Å². The summed E-state index contributed by atoms with van der Waals surface area (Å²) < 4.78 is 0. The van der Waals surface area contributed by atoms with Gasteiger partial charge in [-0.15, -0.1) is 0 Å². The number of likely N-dealkylation sites (tertiary alicyclic amines) is 2. The molecule has 4 rings (SSSR count). The number of piperidine rings is 1. The molecule has 6 nitrogen and oxygen atoms in total. The van der Waals surface area contributed by atoms with E-state index in [0.29, 0.717) is 38.1 Å². The van der Waals surface area contributed by atoms with Crippen LogP contribution in [0.2, 0.25) is 0 Å². The number of likely N-dealkylation sites (N-methyl/N-ethyl adjacent to an activating group) is 1. The minimum Gasteiger partial charge on any atom is -0.340 e. The van der Waals surface area contributed by atoms with Gasteiger partial charge in [0.25, 0.3) is 0 Å². The molecular weight excluding hydrogens is 352 g/mol. The number of nitrogens with zero attached hydrogens (tertiary/aromatic N) is 4. The van der Waals surface area contributed by atoms with Crippen molar-refractivity contribution in [1.82, 2.24) is 19.7 Å². The molecule has 1 spiro atoms.